The third kappa shape index (κ3) is 3.75. The highest BCUT2D eigenvalue weighted by atomic mass is 32.2. The van der Waals surface area contributed by atoms with Gasteiger partial charge in [0.15, 0.2) is 0 Å². The molecule has 6 heteroatoms. The van der Waals surface area contributed by atoms with E-state index in [0.717, 1.165) is 38.1 Å². The van der Waals surface area contributed by atoms with Crippen molar-refractivity contribution >= 4 is 10.0 Å². The Bertz CT molecular complexity index is 522. The lowest BCUT2D eigenvalue weighted by Crippen LogP contribution is -2.45. The van der Waals surface area contributed by atoms with Crippen LogP contribution in [0.25, 0.3) is 0 Å². The van der Waals surface area contributed by atoms with Crippen LogP contribution in [0.5, 0.6) is 0 Å². The summed E-state index contributed by atoms with van der Waals surface area (Å²) in [5, 5.41) is 3.27. The fourth-order valence-electron chi connectivity index (χ4n) is 2.24. The zero-order valence-electron chi connectivity index (χ0n) is 10.9. The van der Waals surface area contributed by atoms with Crippen LogP contribution < -0.4 is 10.0 Å². The standard InChI is InChI=1S/C13H19FN2O2S/c1-13(7-2-8-15-9-13)10-16-19(17,18)12-5-3-11(14)4-6-12/h3-6,15-16H,2,7-10H2,1H3. The number of hydrogen-bond acceptors (Lipinski definition) is 3. The highest BCUT2D eigenvalue weighted by Gasteiger charge is 2.28. The highest BCUT2D eigenvalue weighted by Crippen LogP contribution is 2.25. The summed E-state index contributed by atoms with van der Waals surface area (Å²) in [6.45, 7) is 4.24. The number of piperidine rings is 1. The second-order valence-corrected chi connectivity index (χ2v) is 7.14. The van der Waals surface area contributed by atoms with Gasteiger partial charge in [-0.2, -0.15) is 0 Å². The number of rotatable bonds is 4. The zero-order valence-corrected chi connectivity index (χ0v) is 11.8. The van der Waals surface area contributed by atoms with Crippen LogP contribution in [0.4, 0.5) is 4.39 Å². The van der Waals surface area contributed by atoms with E-state index < -0.39 is 15.8 Å². The number of halogens is 1. The molecule has 1 aromatic carbocycles. The van der Waals surface area contributed by atoms with Gasteiger partial charge in [0.25, 0.3) is 0 Å². The maximum Gasteiger partial charge on any atom is 0.240 e. The molecule has 0 aromatic heterocycles. The van der Waals surface area contributed by atoms with Crippen molar-refractivity contribution in [1.29, 1.82) is 0 Å². The summed E-state index contributed by atoms with van der Waals surface area (Å²) in [5.74, 6) is -0.442. The van der Waals surface area contributed by atoms with Gasteiger partial charge in [0.2, 0.25) is 10.0 Å². The topological polar surface area (TPSA) is 58.2 Å². The van der Waals surface area contributed by atoms with Crippen LogP contribution >= 0.6 is 0 Å². The van der Waals surface area contributed by atoms with E-state index in [1.807, 2.05) is 0 Å². The van der Waals surface area contributed by atoms with Gasteiger partial charge in [0.1, 0.15) is 5.82 Å². The van der Waals surface area contributed by atoms with Crippen molar-refractivity contribution < 1.29 is 12.8 Å². The molecule has 1 saturated heterocycles. The van der Waals surface area contributed by atoms with Crippen LogP contribution in [-0.2, 0) is 10.0 Å². The van der Waals surface area contributed by atoms with E-state index >= 15 is 0 Å². The van der Waals surface area contributed by atoms with Crippen molar-refractivity contribution in [3.05, 3.63) is 30.1 Å². The Balaban J connectivity index is 2.03. The zero-order chi connectivity index (χ0) is 13.9. The molecule has 1 aliphatic rings. The largest absolute Gasteiger partial charge is 0.316 e. The molecule has 1 unspecified atom stereocenters. The maximum absolute atomic E-state index is 12.8. The Hall–Kier alpha value is -0.980. The number of nitrogens with one attached hydrogen (secondary N) is 2. The minimum atomic E-state index is -3.56. The molecule has 0 amide bonds. The molecule has 2 rings (SSSR count). The predicted molar refractivity (Wildman–Crippen MR) is 71.8 cm³/mol. The van der Waals surface area contributed by atoms with Crippen LogP contribution in [0.3, 0.4) is 0 Å². The van der Waals surface area contributed by atoms with Crippen LogP contribution in [0.15, 0.2) is 29.2 Å². The van der Waals surface area contributed by atoms with E-state index in [-0.39, 0.29) is 10.3 Å². The van der Waals surface area contributed by atoms with Gasteiger partial charge < -0.3 is 5.32 Å². The lowest BCUT2D eigenvalue weighted by Gasteiger charge is -2.34. The lowest BCUT2D eigenvalue weighted by molar-refractivity contribution is 0.238. The Morgan fingerprint density at radius 2 is 2.05 bits per heavy atom. The molecular weight excluding hydrogens is 267 g/mol. The Labute approximate surface area is 113 Å². The molecule has 1 fully saturated rings. The molecule has 0 saturated carbocycles. The third-order valence-corrected chi connectivity index (χ3v) is 4.92. The molecule has 1 aliphatic heterocycles. The molecule has 1 heterocycles. The van der Waals surface area contributed by atoms with Gasteiger partial charge in [0.05, 0.1) is 4.90 Å². The molecule has 1 atom stereocenters. The van der Waals surface area contributed by atoms with Gasteiger partial charge in [-0.3, -0.25) is 0 Å². The molecule has 1 aromatic rings. The first-order valence-corrected chi connectivity index (χ1v) is 7.86. The average Bonchev–Trinajstić information content (AvgIpc) is 2.38. The van der Waals surface area contributed by atoms with Crippen LogP contribution in [-0.4, -0.2) is 28.1 Å². The minimum absolute atomic E-state index is 0.0641. The van der Waals surface area contributed by atoms with E-state index in [0.29, 0.717) is 6.54 Å². The van der Waals surface area contributed by atoms with Gasteiger partial charge in [-0.25, -0.2) is 17.5 Å². The molecule has 0 radical (unpaired) electrons. The Kier molecular flexibility index (Phi) is 4.23. The molecule has 2 N–H and O–H groups in total. The predicted octanol–water partition coefficient (Wildman–Crippen LogP) is 1.49. The van der Waals surface area contributed by atoms with Crippen LogP contribution in [0, 0.1) is 11.2 Å². The lowest BCUT2D eigenvalue weighted by atomic mass is 9.83. The summed E-state index contributed by atoms with van der Waals surface area (Å²) in [6.07, 6.45) is 2.04. The monoisotopic (exact) mass is 286 g/mol. The van der Waals surface area contributed by atoms with Crippen molar-refractivity contribution in [3.63, 3.8) is 0 Å². The van der Waals surface area contributed by atoms with E-state index in [1.165, 1.54) is 12.1 Å². The van der Waals surface area contributed by atoms with Crippen molar-refractivity contribution in [2.45, 2.75) is 24.7 Å². The summed E-state index contributed by atoms with van der Waals surface area (Å²) >= 11 is 0. The maximum atomic E-state index is 12.8. The highest BCUT2D eigenvalue weighted by molar-refractivity contribution is 7.89. The fourth-order valence-corrected chi connectivity index (χ4v) is 3.44. The fraction of sp³-hybridized carbons (Fsp3) is 0.538. The van der Waals surface area contributed by atoms with Crippen molar-refractivity contribution in [2.75, 3.05) is 19.6 Å². The third-order valence-electron chi connectivity index (χ3n) is 3.50. The first kappa shape index (κ1) is 14.4. The SMILES string of the molecule is CC1(CNS(=O)(=O)c2ccc(F)cc2)CCCNC1. The molecule has 19 heavy (non-hydrogen) atoms. The van der Waals surface area contributed by atoms with Gasteiger partial charge in [-0.1, -0.05) is 6.92 Å². The summed E-state index contributed by atoms with van der Waals surface area (Å²) in [7, 11) is -3.56. The van der Waals surface area contributed by atoms with E-state index in [1.54, 1.807) is 0 Å². The molecule has 4 nitrogen and oxygen atoms in total. The van der Waals surface area contributed by atoms with Crippen molar-refractivity contribution in [1.82, 2.24) is 10.0 Å². The summed E-state index contributed by atoms with van der Waals surface area (Å²) in [4.78, 5) is 0.0984. The second kappa shape index (κ2) is 5.56. The molecule has 0 spiro atoms. The van der Waals surface area contributed by atoms with Gasteiger partial charge >= 0.3 is 0 Å². The first-order chi connectivity index (χ1) is 8.91. The van der Waals surface area contributed by atoms with E-state index in [9.17, 15) is 12.8 Å². The number of hydrogen-bond donors (Lipinski definition) is 2. The van der Waals surface area contributed by atoms with Gasteiger partial charge in [0, 0.05) is 13.1 Å². The van der Waals surface area contributed by atoms with Crippen molar-refractivity contribution in [2.24, 2.45) is 5.41 Å². The molecule has 106 valence electrons. The molecular formula is C13H19FN2O2S. The van der Waals surface area contributed by atoms with Gasteiger partial charge in [-0.05, 0) is 49.1 Å². The molecule has 0 aliphatic carbocycles. The van der Waals surface area contributed by atoms with E-state index in [2.05, 4.69) is 17.0 Å². The summed E-state index contributed by atoms with van der Waals surface area (Å²) < 4.78 is 39.6. The normalized spacial score (nSPS) is 24.3. The summed E-state index contributed by atoms with van der Waals surface area (Å²) in [6, 6.07) is 4.86. The molecule has 0 bridgehead atoms. The van der Waals surface area contributed by atoms with Crippen LogP contribution in [0.1, 0.15) is 19.8 Å². The number of benzene rings is 1. The average molecular weight is 286 g/mol. The Morgan fingerprint density at radius 1 is 1.37 bits per heavy atom. The second-order valence-electron chi connectivity index (χ2n) is 5.37. The smallest absolute Gasteiger partial charge is 0.240 e. The Morgan fingerprint density at radius 3 is 2.63 bits per heavy atom. The summed E-state index contributed by atoms with van der Waals surface area (Å²) in [5.41, 5.74) is -0.0641. The quantitative estimate of drug-likeness (QED) is 0.882. The number of sulfonamides is 1. The minimum Gasteiger partial charge on any atom is -0.316 e. The first-order valence-electron chi connectivity index (χ1n) is 6.37. The van der Waals surface area contributed by atoms with Crippen LogP contribution in [0.2, 0.25) is 0 Å². The van der Waals surface area contributed by atoms with Gasteiger partial charge in [-0.15, -0.1) is 0 Å². The van der Waals surface area contributed by atoms with Crippen molar-refractivity contribution in [3.8, 4) is 0 Å². The van der Waals surface area contributed by atoms with E-state index in [4.69, 9.17) is 0 Å².